The Morgan fingerprint density at radius 3 is 3.00 bits per heavy atom. The maximum Gasteiger partial charge on any atom is 0.147 e. The standard InChI is InChI=1S/C8H8N2S/c1-6-4-7(11-5-6)8-9-2-3-10-8/h2-5H,1H3,(H,9,10). The normalized spacial score (nSPS) is 10.3. The number of rotatable bonds is 1. The van der Waals surface area contributed by atoms with Gasteiger partial charge in [-0.15, -0.1) is 11.3 Å². The molecule has 0 aliphatic rings. The molecule has 0 unspecified atom stereocenters. The fourth-order valence-electron chi connectivity index (χ4n) is 0.955. The maximum absolute atomic E-state index is 4.15. The summed E-state index contributed by atoms with van der Waals surface area (Å²) in [5.41, 5.74) is 1.29. The Bertz CT molecular complexity index is 335. The van der Waals surface area contributed by atoms with Crippen LogP contribution in [0.1, 0.15) is 5.56 Å². The molecule has 0 amide bonds. The van der Waals surface area contributed by atoms with Crippen molar-refractivity contribution >= 4 is 11.3 Å². The number of hydrogen-bond acceptors (Lipinski definition) is 2. The second kappa shape index (κ2) is 2.51. The van der Waals surface area contributed by atoms with Gasteiger partial charge in [0.1, 0.15) is 5.82 Å². The summed E-state index contributed by atoms with van der Waals surface area (Å²) < 4.78 is 0. The van der Waals surface area contributed by atoms with Gasteiger partial charge in [-0.1, -0.05) is 0 Å². The van der Waals surface area contributed by atoms with Crippen LogP contribution in [0.3, 0.4) is 0 Å². The van der Waals surface area contributed by atoms with E-state index >= 15 is 0 Å². The predicted molar refractivity (Wildman–Crippen MR) is 46.6 cm³/mol. The number of imidazole rings is 1. The lowest BCUT2D eigenvalue weighted by Gasteiger charge is -1.85. The third-order valence-electron chi connectivity index (χ3n) is 1.46. The second-order valence-electron chi connectivity index (χ2n) is 2.43. The Balaban J connectivity index is 2.45. The van der Waals surface area contributed by atoms with Crippen LogP contribution in [0.5, 0.6) is 0 Å². The number of aromatic nitrogens is 2. The molecule has 2 heterocycles. The quantitative estimate of drug-likeness (QED) is 0.689. The van der Waals surface area contributed by atoms with Crippen molar-refractivity contribution in [1.29, 1.82) is 0 Å². The summed E-state index contributed by atoms with van der Waals surface area (Å²) in [6, 6.07) is 2.13. The molecule has 0 bridgehead atoms. The summed E-state index contributed by atoms with van der Waals surface area (Å²) in [5, 5.41) is 2.12. The summed E-state index contributed by atoms with van der Waals surface area (Å²) in [5.74, 6) is 0.961. The first kappa shape index (κ1) is 6.61. The van der Waals surface area contributed by atoms with Crippen molar-refractivity contribution in [3.05, 3.63) is 29.4 Å². The third kappa shape index (κ3) is 1.19. The highest BCUT2D eigenvalue weighted by Gasteiger charge is 2.00. The van der Waals surface area contributed by atoms with E-state index in [1.54, 1.807) is 17.5 Å². The predicted octanol–water partition coefficient (Wildman–Crippen LogP) is 2.45. The first-order valence-electron chi connectivity index (χ1n) is 3.41. The molecular weight excluding hydrogens is 156 g/mol. The van der Waals surface area contributed by atoms with Crippen molar-refractivity contribution in [2.75, 3.05) is 0 Å². The topological polar surface area (TPSA) is 28.7 Å². The van der Waals surface area contributed by atoms with E-state index in [1.807, 2.05) is 6.20 Å². The molecule has 0 aliphatic carbocycles. The van der Waals surface area contributed by atoms with Gasteiger partial charge in [0, 0.05) is 12.4 Å². The van der Waals surface area contributed by atoms with E-state index in [-0.39, 0.29) is 0 Å². The number of aromatic amines is 1. The molecule has 1 N–H and O–H groups in total. The first-order valence-corrected chi connectivity index (χ1v) is 4.29. The highest BCUT2D eigenvalue weighted by molar-refractivity contribution is 7.13. The van der Waals surface area contributed by atoms with E-state index in [9.17, 15) is 0 Å². The van der Waals surface area contributed by atoms with E-state index in [2.05, 4.69) is 28.3 Å². The average Bonchev–Trinajstić information content (AvgIpc) is 2.55. The molecule has 0 aromatic carbocycles. The Morgan fingerprint density at radius 2 is 2.45 bits per heavy atom. The zero-order valence-electron chi connectivity index (χ0n) is 6.16. The van der Waals surface area contributed by atoms with Crippen LogP contribution >= 0.6 is 11.3 Å². The molecule has 0 spiro atoms. The Hall–Kier alpha value is -1.09. The summed E-state index contributed by atoms with van der Waals surface area (Å²) in [6.07, 6.45) is 3.61. The molecule has 0 radical (unpaired) electrons. The smallest absolute Gasteiger partial charge is 0.147 e. The lowest BCUT2D eigenvalue weighted by atomic mass is 10.3. The van der Waals surface area contributed by atoms with Crippen LogP contribution < -0.4 is 0 Å². The Kier molecular flexibility index (Phi) is 1.51. The Morgan fingerprint density at radius 1 is 1.55 bits per heavy atom. The first-order chi connectivity index (χ1) is 5.36. The lowest BCUT2D eigenvalue weighted by molar-refractivity contribution is 1.33. The zero-order valence-corrected chi connectivity index (χ0v) is 6.98. The highest BCUT2D eigenvalue weighted by atomic mass is 32.1. The molecule has 2 nitrogen and oxygen atoms in total. The minimum absolute atomic E-state index is 0.961. The summed E-state index contributed by atoms with van der Waals surface area (Å²) in [6.45, 7) is 2.09. The molecule has 11 heavy (non-hydrogen) atoms. The van der Waals surface area contributed by atoms with Crippen molar-refractivity contribution in [3.8, 4) is 10.7 Å². The lowest BCUT2D eigenvalue weighted by Crippen LogP contribution is -1.72. The summed E-state index contributed by atoms with van der Waals surface area (Å²) >= 11 is 1.71. The molecule has 0 aliphatic heterocycles. The number of thiophene rings is 1. The van der Waals surface area contributed by atoms with Crippen molar-refractivity contribution in [2.24, 2.45) is 0 Å². The minimum Gasteiger partial charge on any atom is -0.344 e. The van der Waals surface area contributed by atoms with Crippen LogP contribution in [-0.4, -0.2) is 9.97 Å². The van der Waals surface area contributed by atoms with Crippen molar-refractivity contribution in [3.63, 3.8) is 0 Å². The van der Waals surface area contributed by atoms with Gasteiger partial charge in [0.15, 0.2) is 0 Å². The fourth-order valence-corrected chi connectivity index (χ4v) is 1.81. The van der Waals surface area contributed by atoms with Crippen LogP contribution in [0.4, 0.5) is 0 Å². The van der Waals surface area contributed by atoms with Gasteiger partial charge in [-0.3, -0.25) is 0 Å². The van der Waals surface area contributed by atoms with E-state index in [0.29, 0.717) is 0 Å². The number of hydrogen-bond donors (Lipinski definition) is 1. The average molecular weight is 164 g/mol. The number of nitrogens with one attached hydrogen (secondary N) is 1. The van der Waals surface area contributed by atoms with Gasteiger partial charge in [0.25, 0.3) is 0 Å². The van der Waals surface area contributed by atoms with Gasteiger partial charge >= 0.3 is 0 Å². The molecule has 0 fully saturated rings. The van der Waals surface area contributed by atoms with Crippen LogP contribution in [0.25, 0.3) is 10.7 Å². The van der Waals surface area contributed by atoms with Crippen LogP contribution in [0.2, 0.25) is 0 Å². The molecule has 2 aromatic rings. The van der Waals surface area contributed by atoms with Gasteiger partial charge in [0.05, 0.1) is 4.88 Å². The van der Waals surface area contributed by atoms with Crippen LogP contribution in [0.15, 0.2) is 23.8 Å². The van der Waals surface area contributed by atoms with E-state index in [4.69, 9.17) is 0 Å². The molecule has 56 valence electrons. The SMILES string of the molecule is Cc1csc(-c2ncc[nH]2)c1. The minimum atomic E-state index is 0.961. The molecule has 3 heteroatoms. The van der Waals surface area contributed by atoms with Gasteiger partial charge in [-0.05, 0) is 23.9 Å². The number of aryl methyl sites for hydroxylation is 1. The van der Waals surface area contributed by atoms with E-state index in [0.717, 1.165) is 5.82 Å². The van der Waals surface area contributed by atoms with Crippen molar-refractivity contribution < 1.29 is 0 Å². The monoisotopic (exact) mass is 164 g/mol. The summed E-state index contributed by atoms with van der Waals surface area (Å²) in [7, 11) is 0. The van der Waals surface area contributed by atoms with Crippen LogP contribution in [0, 0.1) is 6.92 Å². The second-order valence-corrected chi connectivity index (χ2v) is 3.34. The van der Waals surface area contributed by atoms with Crippen molar-refractivity contribution in [2.45, 2.75) is 6.92 Å². The molecule has 0 saturated carbocycles. The van der Waals surface area contributed by atoms with Gasteiger partial charge in [0.2, 0.25) is 0 Å². The fraction of sp³-hybridized carbons (Fsp3) is 0.125. The summed E-state index contributed by atoms with van der Waals surface area (Å²) in [4.78, 5) is 8.42. The van der Waals surface area contributed by atoms with Gasteiger partial charge in [-0.2, -0.15) is 0 Å². The maximum atomic E-state index is 4.15. The van der Waals surface area contributed by atoms with Gasteiger partial charge < -0.3 is 4.98 Å². The number of nitrogens with zero attached hydrogens (tertiary/aromatic N) is 1. The zero-order chi connectivity index (χ0) is 7.68. The molecule has 0 saturated heterocycles. The molecule has 2 rings (SSSR count). The van der Waals surface area contributed by atoms with E-state index in [1.165, 1.54) is 10.4 Å². The van der Waals surface area contributed by atoms with Gasteiger partial charge in [-0.25, -0.2) is 4.98 Å². The third-order valence-corrected chi connectivity index (χ3v) is 2.52. The highest BCUT2D eigenvalue weighted by Crippen LogP contribution is 2.22. The molecule has 0 atom stereocenters. The largest absolute Gasteiger partial charge is 0.344 e. The van der Waals surface area contributed by atoms with Crippen LogP contribution in [-0.2, 0) is 0 Å². The van der Waals surface area contributed by atoms with E-state index < -0.39 is 0 Å². The van der Waals surface area contributed by atoms with Crippen molar-refractivity contribution in [1.82, 2.24) is 9.97 Å². The molecule has 2 aromatic heterocycles. The molecular formula is C8H8N2S. The number of H-pyrrole nitrogens is 1. The Labute approximate surface area is 68.9 Å².